The van der Waals surface area contributed by atoms with Gasteiger partial charge in [0.2, 0.25) is 23.0 Å². The van der Waals surface area contributed by atoms with E-state index in [0.29, 0.717) is 94.5 Å². The van der Waals surface area contributed by atoms with Gasteiger partial charge in [-0.2, -0.15) is 0 Å². The standard InChI is InChI=1S/C24H22N2O3.C23H34N6O6/c1-25(2)15-9-11-19-21(13-15)29-22-14-16(26(3)4)10-12-20(22)23(19)17-7-5-6-8-18(17)24(27)28;1-18-26-28-23(29-27-18)21-5-3-20(4-6-21)17-25-22(31)7-9-32-11-13-34-15-16-35-14-12-33-10-8-24-19(2)30/h5-14H,1-4H3;3-6H,7-17H2,1-2H3,(H,24,30)(H,25,31). The van der Waals surface area contributed by atoms with Crippen LogP contribution in [0.2, 0.25) is 0 Å². The van der Waals surface area contributed by atoms with Crippen LogP contribution < -0.4 is 30.6 Å². The monoisotopic (exact) mass is 876 g/mol. The molecule has 2 N–H and O–H groups in total. The molecule has 17 nitrogen and oxygen atoms in total. The SMILES string of the molecule is CC(=O)NCCOCCOCCOCCOCCC(=O)NCc1ccc(-c2nnc(C)nn2)cc1.CN(C)c1ccc2c(-c3ccccc3C(=O)[O-])c3ccc(=[N+](C)C)cc-3oc2c1. The summed E-state index contributed by atoms with van der Waals surface area (Å²) >= 11 is 0. The van der Waals surface area contributed by atoms with E-state index in [4.69, 9.17) is 23.4 Å². The second-order valence-corrected chi connectivity index (χ2v) is 14.9. The Balaban J connectivity index is 0.000000244. The number of benzene rings is 4. The summed E-state index contributed by atoms with van der Waals surface area (Å²) in [5.74, 6) is 0.322. The van der Waals surface area contributed by atoms with Crippen molar-refractivity contribution in [2.24, 2.45) is 0 Å². The van der Waals surface area contributed by atoms with Crippen molar-refractivity contribution >= 4 is 34.4 Å². The van der Waals surface area contributed by atoms with Crippen LogP contribution in [-0.2, 0) is 35.1 Å². The lowest BCUT2D eigenvalue weighted by Crippen LogP contribution is -2.25. The van der Waals surface area contributed by atoms with E-state index in [0.717, 1.165) is 38.7 Å². The summed E-state index contributed by atoms with van der Waals surface area (Å²) in [6.45, 7) is 7.59. The molecule has 0 bridgehead atoms. The fraction of sp³-hybridized carbons (Fsp3) is 0.362. The maximum atomic E-state index is 12.0. The van der Waals surface area contributed by atoms with Crippen molar-refractivity contribution in [2.45, 2.75) is 26.8 Å². The van der Waals surface area contributed by atoms with Gasteiger partial charge < -0.3 is 48.8 Å². The quantitative estimate of drug-likeness (QED) is 0.0606. The first-order valence-corrected chi connectivity index (χ1v) is 20.9. The van der Waals surface area contributed by atoms with Crippen LogP contribution in [0.25, 0.3) is 44.8 Å². The molecule has 0 unspecified atom stereocenters. The van der Waals surface area contributed by atoms with Crippen molar-refractivity contribution in [1.82, 2.24) is 35.6 Å². The second-order valence-electron chi connectivity index (χ2n) is 14.9. The molecule has 3 aromatic carbocycles. The summed E-state index contributed by atoms with van der Waals surface area (Å²) in [5.41, 5.74) is 5.94. The van der Waals surface area contributed by atoms with Crippen LogP contribution in [0.1, 0.15) is 35.1 Å². The van der Waals surface area contributed by atoms with E-state index in [1.807, 2.05) is 110 Å². The van der Waals surface area contributed by atoms with Crippen molar-refractivity contribution < 1.29 is 42.9 Å². The average Bonchev–Trinajstić information content (AvgIpc) is 3.28. The molecular formula is C47H56N8O9. The minimum atomic E-state index is -1.20. The van der Waals surface area contributed by atoms with Gasteiger partial charge in [0.25, 0.3) is 0 Å². The first-order chi connectivity index (χ1) is 30.9. The van der Waals surface area contributed by atoms with Crippen LogP contribution in [0.15, 0.2) is 89.3 Å². The summed E-state index contributed by atoms with van der Waals surface area (Å²) in [4.78, 5) is 36.5. The molecule has 0 saturated carbocycles. The third-order valence-corrected chi connectivity index (χ3v) is 9.63. The Bertz CT molecular complexity index is 2490. The van der Waals surface area contributed by atoms with Gasteiger partial charge in [0.1, 0.15) is 25.4 Å². The summed E-state index contributed by atoms with van der Waals surface area (Å²) in [6.07, 6.45) is 0.275. The lowest BCUT2D eigenvalue weighted by Gasteiger charge is -2.19. The molecule has 1 aliphatic heterocycles. The number of hydrogen-bond donors (Lipinski definition) is 2. The largest absolute Gasteiger partial charge is 0.545 e. The van der Waals surface area contributed by atoms with Crippen molar-refractivity contribution in [1.29, 1.82) is 0 Å². The average molecular weight is 877 g/mol. The van der Waals surface area contributed by atoms with E-state index in [2.05, 4.69) is 31.0 Å². The molecular weight excluding hydrogens is 821 g/mol. The highest BCUT2D eigenvalue weighted by Crippen LogP contribution is 2.41. The molecule has 2 aliphatic rings. The Labute approximate surface area is 372 Å². The van der Waals surface area contributed by atoms with Gasteiger partial charge >= 0.3 is 0 Å². The summed E-state index contributed by atoms with van der Waals surface area (Å²) in [7, 11) is 7.88. The Morgan fingerprint density at radius 2 is 1.38 bits per heavy atom. The summed E-state index contributed by atoms with van der Waals surface area (Å²) < 4.78 is 29.8. The number of aromatic nitrogens is 4. The van der Waals surface area contributed by atoms with E-state index >= 15 is 0 Å². The highest BCUT2D eigenvalue weighted by atomic mass is 16.6. The predicted molar refractivity (Wildman–Crippen MR) is 240 cm³/mol. The molecule has 6 rings (SSSR count). The number of aromatic carboxylic acids is 1. The van der Waals surface area contributed by atoms with Crippen molar-refractivity contribution in [2.75, 3.05) is 92.5 Å². The van der Waals surface area contributed by atoms with Crippen molar-refractivity contribution in [3.63, 3.8) is 0 Å². The smallest absolute Gasteiger partial charge is 0.222 e. The zero-order valence-electron chi connectivity index (χ0n) is 37.2. The zero-order valence-corrected chi connectivity index (χ0v) is 37.2. The van der Waals surface area contributed by atoms with Crippen LogP contribution in [0, 0.1) is 6.92 Å². The Morgan fingerprint density at radius 1 is 0.734 bits per heavy atom. The summed E-state index contributed by atoms with van der Waals surface area (Å²) in [5, 5.41) is 35.0. The maximum absolute atomic E-state index is 12.0. The highest BCUT2D eigenvalue weighted by Gasteiger charge is 2.20. The molecule has 1 aliphatic carbocycles. The molecule has 17 heteroatoms. The predicted octanol–water partition coefficient (Wildman–Crippen LogP) is 3.12. The van der Waals surface area contributed by atoms with Gasteiger partial charge in [-0.1, -0.05) is 48.5 Å². The van der Waals surface area contributed by atoms with Crippen LogP contribution in [-0.4, -0.2) is 126 Å². The first-order valence-electron chi connectivity index (χ1n) is 20.9. The first kappa shape index (κ1) is 48.4. The Morgan fingerprint density at radius 3 is 2.00 bits per heavy atom. The van der Waals surface area contributed by atoms with Gasteiger partial charge in [-0.15, -0.1) is 20.4 Å². The molecule has 1 aromatic heterocycles. The normalized spacial score (nSPS) is 10.9. The van der Waals surface area contributed by atoms with E-state index in [-0.39, 0.29) is 23.8 Å². The fourth-order valence-corrected chi connectivity index (χ4v) is 6.27. The van der Waals surface area contributed by atoms with Crippen molar-refractivity contribution in [3.05, 3.63) is 107 Å². The second kappa shape index (κ2) is 24.8. The number of fused-ring (bicyclic) bond motifs is 2. The molecule has 0 saturated heterocycles. The number of carboxylic acid groups (broad SMARTS) is 1. The molecule has 0 atom stereocenters. The third-order valence-electron chi connectivity index (χ3n) is 9.63. The number of amides is 2. The van der Waals surface area contributed by atoms with Crippen LogP contribution >= 0.6 is 0 Å². The van der Waals surface area contributed by atoms with Crippen LogP contribution in [0.5, 0.6) is 0 Å². The molecule has 0 fully saturated rings. The number of carboxylic acids is 1. The molecule has 338 valence electrons. The van der Waals surface area contributed by atoms with E-state index in [1.54, 1.807) is 19.1 Å². The van der Waals surface area contributed by atoms with Gasteiger partial charge in [-0.3, -0.25) is 9.59 Å². The molecule has 4 aromatic rings. The number of ether oxygens (including phenoxy) is 4. The Kier molecular flexibility index (Phi) is 18.8. The van der Waals surface area contributed by atoms with Gasteiger partial charge in [0, 0.05) is 86.0 Å². The Hall–Kier alpha value is -6.66. The van der Waals surface area contributed by atoms with Crippen LogP contribution in [0.4, 0.5) is 5.69 Å². The number of nitrogens with zero attached hydrogens (tertiary/aromatic N) is 6. The number of aryl methyl sites for hydroxylation is 1. The number of nitrogens with one attached hydrogen (secondary N) is 2. The maximum Gasteiger partial charge on any atom is 0.222 e. The fourth-order valence-electron chi connectivity index (χ4n) is 6.27. The van der Waals surface area contributed by atoms with Gasteiger partial charge in [0.15, 0.2) is 5.82 Å². The number of carbonyl (C=O) groups excluding carboxylic acids is 3. The van der Waals surface area contributed by atoms with Gasteiger partial charge in [-0.25, -0.2) is 4.58 Å². The lowest BCUT2D eigenvalue weighted by molar-refractivity contribution is -0.255. The molecule has 2 amide bonds. The highest BCUT2D eigenvalue weighted by molar-refractivity contribution is 6.07. The molecule has 0 radical (unpaired) electrons. The lowest BCUT2D eigenvalue weighted by atomic mass is 9.90. The molecule has 64 heavy (non-hydrogen) atoms. The topological polar surface area (TPSA) is 206 Å². The number of hydrogen-bond acceptors (Lipinski definition) is 14. The van der Waals surface area contributed by atoms with E-state index in [9.17, 15) is 19.5 Å². The van der Waals surface area contributed by atoms with Gasteiger partial charge in [0.05, 0.1) is 64.9 Å². The summed E-state index contributed by atoms with van der Waals surface area (Å²) in [6, 6.07) is 26.4. The molecule has 0 spiro atoms. The minimum absolute atomic E-state index is 0.0707. The van der Waals surface area contributed by atoms with Crippen molar-refractivity contribution in [3.8, 4) is 33.8 Å². The molecule has 2 heterocycles. The number of rotatable bonds is 21. The number of anilines is 1. The minimum Gasteiger partial charge on any atom is -0.545 e. The van der Waals surface area contributed by atoms with E-state index < -0.39 is 5.97 Å². The number of carbonyl (C=O) groups is 3. The third kappa shape index (κ3) is 14.7. The van der Waals surface area contributed by atoms with Gasteiger partial charge in [-0.05, 0) is 36.2 Å². The van der Waals surface area contributed by atoms with Crippen LogP contribution in [0.3, 0.4) is 0 Å². The van der Waals surface area contributed by atoms with E-state index in [1.165, 1.54) is 6.92 Å². The zero-order chi connectivity index (χ0) is 45.8.